The minimum atomic E-state index is -0.462. The number of benzene rings is 4. The van der Waals surface area contributed by atoms with Crippen molar-refractivity contribution < 1.29 is 9.59 Å². The summed E-state index contributed by atoms with van der Waals surface area (Å²) in [5, 5.41) is 4.52. The number of hydrogen-bond acceptors (Lipinski definition) is 2. The minimum Gasteiger partial charge on any atom is -0.294 e. The highest BCUT2D eigenvalue weighted by atomic mass is 16.1. The Labute approximate surface area is 241 Å². The lowest BCUT2D eigenvalue weighted by atomic mass is 9.70. The Kier molecular flexibility index (Phi) is 7.89. The Morgan fingerprint density at radius 2 is 1.05 bits per heavy atom. The first kappa shape index (κ1) is 29.7. The maximum absolute atomic E-state index is 14.2. The summed E-state index contributed by atoms with van der Waals surface area (Å²) in [6.07, 6.45) is 1.89. The molecule has 0 radical (unpaired) electrons. The van der Waals surface area contributed by atoms with Gasteiger partial charge in [0.25, 0.3) is 0 Å². The van der Waals surface area contributed by atoms with Crippen LogP contribution in [-0.4, -0.2) is 11.6 Å². The van der Waals surface area contributed by atoms with E-state index in [-0.39, 0.29) is 22.4 Å². The summed E-state index contributed by atoms with van der Waals surface area (Å²) in [5.74, 6) is 0.370. The third-order valence-corrected chi connectivity index (χ3v) is 8.53. The number of fused-ring (bicyclic) bond motifs is 2. The van der Waals surface area contributed by atoms with Crippen LogP contribution in [0.4, 0.5) is 0 Å². The third-order valence-electron chi connectivity index (χ3n) is 8.53. The Balaban J connectivity index is 2.20. The van der Waals surface area contributed by atoms with Gasteiger partial charge in [-0.15, -0.1) is 0 Å². The van der Waals surface area contributed by atoms with Gasteiger partial charge in [0.15, 0.2) is 11.6 Å². The average molecular weight is 535 g/mol. The van der Waals surface area contributed by atoms with Gasteiger partial charge < -0.3 is 0 Å². The number of carbonyl (C=O) groups excluding carboxylic acids is 2. The second kappa shape index (κ2) is 10.6. The first-order valence-corrected chi connectivity index (χ1v) is 14.8. The fourth-order valence-electron chi connectivity index (χ4n) is 6.22. The Morgan fingerprint density at radius 1 is 0.625 bits per heavy atom. The van der Waals surface area contributed by atoms with Crippen molar-refractivity contribution in [2.24, 2.45) is 5.41 Å². The van der Waals surface area contributed by atoms with Crippen molar-refractivity contribution in [3.63, 3.8) is 0 Å². The van der Waals surface area contributed by atoms with Gasteiger partial charge in [0, 0.05) is 23.0 Å². The van der Waals surface area contributed by atoms with Gasteiger partial charge in [0.05, 0.1) is 0 Å². The molecule has 0 aromatic heterocycles. The molecule has 0 atom stereocenters. The van der Waals surface area contributed by atoms with Crippen LogP contribution in [0, 0.1) is 5.41 Å². The third kappa shape index (κ3) is 5.38. The summed E-state index contributed by atoms with van der Waals surface area (Å²) in [4.78, 5) is 27.6. The predicted octanol–water partition coefficient (Wildman–Crippen LogP) is 10.4. The molecule has 2 heteroatoms. The fraction of sp³-hybridized carbons (Fsp3) is 0.421. The van der Waals surface area contributed by atoms with E-state index in [0.717, 1.165) is 39.4 Å². The van der Waals surface area contributed by atoms with E-state index in [1.807, 2.05) is 13.0 Å². The zero-order valence-corrected chi connectivity index (χ0v) is 26.2. The van der Waals surface area contributed by atoms with Gasteiger partial charge in [-0.3, -0.25) is 9.59 Å². The topological polar surface area (TPSA) is 34.1 Å². The predicted molar refractivity (Wildman–Crippen MR) is 171 cm³/mol. The van der Waals surface area contributed by atoms with Crippen LogP contribution >= 0.6 is 0 Å². The van der Waals surface area contributed by atoms with E-state index in [0.29, 0.717) is 12.8 Å². The summed E-state index contributed by atoms with van der Waals surface area (Å²) in [6.45, 7) is 21.4. The molecule has 0 spiro atoms. The standard InChI is InChI=1S/C38H46O2/c1-11-32(39)30-21-24-17-13-15-19-26(24)28(33(30)36(3,4)5)23-29-27-20-16-14-18-25(27)22-31(34(29)37(6,7)8)35(40)38(9,10)12-2/h13-22H,11-12,23H2,1-10H3. The zero-order chi connectivity index (χ0) is 29.6. The monoisotopic (exact) mass is 534 g/mol. The van der Waals surface area contributed by atoms with Crippen LogP contribution < -0.4 is 0 Å². The number of hydrogen-bond donors (Lipinski definition) is 0. The number of carbonyl (C=O) groups is 2. The lowest BCUT2D eigenvalue weighted by Crippen LogP contribution is -2.28. The van der Waals surface area contributed by atoms with Crippen LogP contribution in [0.3, 0.4) is 0 Å². The van der Waals surface area contributed by atoms with E-state index in [1.165, 1.54) is 21.9 Å². The van der Waals surface area contributed by atoms with E-state index >= 15 is 0 Å². The smallest absolute Gasteiger partial charge is 0.168 e. The highest BCUT2D eigenvalue weighted by molar-refractivity contribution is 6.07. The molecule has 0 saturated heterocycles. The molecule has 4 aromatic carbocycles. The molecule has 0 aliphatic rings. The van der Waals surface area contributed by atoms with Crippen LogP contribution in [0.1, 0.15) is 125 Å². The first-order chi connectivity index (χ1) is 18.6. The van der Waals surface area contributed by atoms with Crippen molar-refractivity contribution in [2.75, 3.05) is 0 Å². The van der Waals surface area contributed by atoms with Gasteiger partial charge in [0.2, 0.25) is 0 Å². The Bertz CT molecular complexity index is 1600. The van der Waals surface area contributed by atoms with Gasteiger partial charge >= 0.3 is 0 Å². The van der Waals surface area contributed by atoms with Crippen molar-refractivity contribution >= 4 is 33.1 Å². The SMILES string of the molecule is CCC(=O)c1cc2ccccc2c(Cc2c(C(C)(C)C)c(C(=O)C(C)(C)CC)cc3ccccc23)c1C(C)(C)C. The van der Waals surface area contributed by atoms with Gasteiger partial charge in [-0.2, -0.15) is 0 Å². The molecule has 0 bridgehead atoms. The maximum Gasteiger partial charge on any atom is 0.168 e. The molecule has 2 nitrogen and oxygen atoms in total. The molecule has 0 aliphatic carbocycles. The molecule has 40 heavy (non-hydrogen) atoms. The molecule has 0 aliphatic heterocycles. The van der Waals surface area contributed by atoms with Gasteiger partial charge in [0.1, 0.15) is 0 Å². The quantitative estimate of drug-likeness (QED) is 0.221. The molecule has 0 unspecified atom stereocenters. The highest BCUT2D eigenvalue weighted by Crippen LogP contribution is 2.42. The molecule has 0 amide bonds. The molecular weight excluding hydrogens is 488 g/mol. The Hall–Kier alpha value is -3.26. The van der Waals surface area contributed by atoms with E-state index in [4.69, 9.17) is 0 Å². The fourth-order valence-corrected chi connectivity index (χ4v) is 6.22. The molecule has 0 heterocycles. The summed E-state index contributed by atoms with van der Waals surface area (Å²) < 4.78 is 0. The molecular formula is C38H46O2. The van der Waals surface area contributed by atoms with Crippen LogP contribution in [0.2, 0.25) is 0 Å². The molecule has 4 aromatic rings. The zero-order valence-electron chi connectivity index (χ0n) is 26.2. The summed E-state index contributed by atoms with van der Waals surface area (Å²) >= 11 is 0. The van der Waals surface area contributed by atoms with Gasteiger partial charge in [-0.25, -0.2) is 0 Å². The van der Waals surface area contributed by atoms with Gasteiger partial charge in [-0.05, 0) is 79.6 Å². The second-order valence-electron chi connectivity index (χ2n) is 14.0. The van der Waals surface area contributed by atoms with E-state index in [1.54, 1.807) is 0 Å². The molecule has 0 N–H and O–H groups in total. The molecule has 4 rings (SSSR count). The lowest BCUT2D eigenvalue weighted by molar-refractivity contribution is 0.0830. The normalized spacial score (nSPS) is 12.8. The minimum absolute atomic E-state index is 0.173. The molecule has 0 saturated carbocycles. The summed E-state index contributed by atoms with van der Waals surface area (Å²) in [7, 11) is 0. The van der Waals surface area contributed by atoms with E-state index in [2.05, 4.69) is 117 Å². The van der Waals surface area contributed by atoms with Crippen molar-refractivity contribution in [2.45, 2.75) is 99.3 Å². The first-order valence-electron chi connectivity index (χ1n) is 14.8. The van der Waals surface area contributed by atoms with Crippen molar-refractivity contribution in [1.82, 2.24) is 0 Å². The highest BCUT2D eigenvalue weighted by Gasteiger charge is 2.34. The van der Waals surface area contributed by atoms with E-state index < -0.39 is 5.41 Å². The van der Waals surface area contributed by atoms with Gasteiger partial charge in [-0.1, -0.05) is 118 Å². The maximum atomic E-state index is 14.2. The Morgan fingerprint density at radius 3 is 1.48 bits per heavy atom. The van der Waals surface area contributed by atoms with Crippen LogP contribution in [-0.2, 0) is 17.3 Å². The van der Waals surface area contributed by atoms with Crippen molar-refractivity contribution in [3.05, 3.63) is 94.0 Å². The largest absolute Gasteiger partial charge is 0.294 e. The lowest BCUT2D eigenvalue weighted by Gasteiger charge is -2.32. The summed E-state index contributed by atoms with van der Waals surface area (Å²) in [6, 6.07) is 21.1. The summed E-state index contributed by atoms with van der Waals surface area (Å²) in [5.41, 5.74) is 5.31. The average Bonchev–Trinajstić information content (AvgIpc) is 2.90. The number of Topliss-reactive ketones (excluding diaryl/α,β-unsaturated/α-hetero) is 2. The second-order valence-corrected chi connectivity index (χ2v) is 14.0. The van der Waals surface area contributed by atoms with Crippen LogP contribution in [0.5, 0.6) is 0 Å². The van der Waals surface area contributed by atoms with Crippen molar-refractivity contribution in [3.8, 4) is 0 Å². The van der Waals surface area contributed by atoms with Crippen LogP contribution in [0.25, 0.3) is 21.5 Å². The number of ketones is 2. The molecule has 210 valence electrons. The molecule has 0 fully saturated rings. The number of rotatable bonds is 7. The van der Waals surface area contributed by atoms with Crippen LogP contribution in [0.15, 0.2) is 60.7 Å². The van der Waals surface area contributed by atoms with Crippen molar-refractivity contribution in [1.29, 1.82) is 0 Å². The van der Waals surface area contributed by atoms with E-state index in [9.17, 15) is 9.59 Å².